The predicted octanol–water partition coefficient (Wildman–Crippen LogP) is 2.26. The van der Waals surface area contributed by atoms with Crippen LogP contribution in [0.2, 0.25) is 0 Å². The van der Waals surface area contributed by atoms with E-state index in [1.54, 1.807) is 13.2 Å². The van der Waals surface area contributed by atoms with Crippen LogP contribution in [0.15, 0.2) is 27.6 Å². The Hall–Kier alpha value is -0.470. The molecule has 0 atom stereocenters. The molecule has 1 rings (SSSR count). The van der Waals surface area contributed by atoms with Crippen LogP contribution in [0.1, 0.15) is 25.8 Å². The normalized spacial score (nSPS) is 12.0. The Labute approximate surface area is 135 Å². The molecule has 21 heavy (non-hydrogen) atoms. The van der Waals surface area contributed by atoms with Crippen molar-refractivity contribution in [3.63, 3.8) is 0 Å². The summed E-state index contributed by atoms with van der Waals surface area (Å²) in [5.41, 5.74) is 1.04. The summed E-state index contributed by atoms with van der Waals surface area (Å²) in [5.74, 6) is 0. The zero-order chi connectivity index (χ0) is 15.9. The average molecular weight is 379 g/mol. The molecule has 0 aliphatic carbocycles. The number of benzene rings is 1. The lowest BCUT2D eigenvalue weighted by molar-refractivity contribution is 0.196. The van der Waals surface area contributed by atoms with Crippen LogP contribution in [0.3, 0.4) is 0 Å². The van der Waals surface area contributed by atoms with Gasteiger partial charge < -0.3 is 10.1 Å². The number of hydrogen-bond donors (Lipinski definition) is 2. The quantitative estimate of drug-likeness (QED) is 0.646. The maximum Gasteiger partial charge on any atom is 0.241 e. The summed E-state index contributed by atoms with van der Waals surface area (Å²) in [5, 5.41) is 3.30. The van der Waals surface area contributed by atoms with Crippen LogP contribution in [0.4, 0.5) is 0 Å². The van der Waals surface area contributed by atoms with Crippen LogP contribution in [-0.2, 0) is 21.3 Å². The Balaban J connectivity index is 2.74. The number of halogens is 1. The fourth-order valence-electron chi connectivity index (χ4n) is 1.70. The summed E-state index contributed by atoms with van der Waals surface area (Å²) in [7, 11) is -1.90. The first-order valence-electron chi connectivity index (χ1n) is 6.87. The van der Waals surface area contributed by atoms with Crippen LogP contribution >= 0.6 is 15.9 Å². The maximum absolute atomic E-state index is 12.2. The highest BCUT2D eigenvalue weighted by Gasteiger charge is 2.17. The van der Waals surface area contributed by atoms with Gasteiger partial charge in [-0.15, -0.1) is 0 Å². The molecule has 0 fully saturated rings. The summed E-state index contributed by atoms with van der Waals surface area (Å²) < 4.78 is 32.4. The number of hydrogen-bond acceptors (Lipinski definition) is 4. The first-order valence-corrected chi connectivity index (χ1v) is 9.15. The van der Waals surface area contributed by atoms with E-state index in [2.05, 4.69) is 39.8 Å². The van der Waals surface area contributed by atoms with Gasteiger partial charge >= 0.3 is 0 Å². The molecule has 1 aromatic rings. The minimum atomic E-state index is -3.49. The molecular weight excluding hydrogens is 356 g/mol. The van der Waals surface area contributed by atoms with Gasteiger partial charge in [-0.1, -0.05) is 19.9 Å². The van der Waals surface area contributed by atoms with Crippen molar-refractivity contribution >= 4 is 26.0 Å². The van der Waals surface area contributed by atoms with Crippen molar-refractivity contribution in [2.75, 3.05) is 20.3 Å². The second-order valence-corrected chi connectivity index (χ2v) is 7.63. The Kier molecular flexibility index (Phi) is 7.83. The summed E-state index contributed by atoms with van der Waals surface area (Å²) in [6.45, 7) is 5.73. The molecule has 0 heterocycles. The minimum Gasteiger partial charge on any atom is -0.385 e. The number of methoxy groups -OCH3 is 1. The summed E-state index contributed by atoms with van der Waals surface area (Å²) in [6, 6.07) is 5.66. The zero-order valence-corrected chi connectivity index (χ0v) is 15.1. The van der Waals surface area contributed by atoms with E-state index >= 15 is 0 Å². The van der Waals surface area contributed by atoms with Gasteiger partial charge in [-0.05, 0) is 40.0 Å². The lowest BCUT2D eigenvalue weighted by atomic mass is 10.2. The minimum absolute atomic E-state index is 0.258. The highest BCUT2D eigenvalue weighted by Crippen LogP contribution is 2.23. The van der Waals surface area contributed by atoms with Crippen molar-refractivity contribution < 1.29 is 13.2 Å². The molecule has 1 aromatic carbocycles. The Morgan fingerprint density at radius 1 is 1.33 bits per heavy atom. The molecule has 0 amide bonds. The fraction of sp³-hybridized carbons (Fsp3) is 0.571. The number of nitrogens with one attached hydrogen (secondary N) is 2. The Morgan fingerprint density at radius 3 is 2.62 bits per heavy atom. The van der Waals surface area contributed by atoms with Gasteiger partial charge in [-0.2, -0.15) is 0 Å². The highest BCUT2D eigenvalue weighted by atomic mass is 79.9. The van der Waals surface area contributed by atoms with Gasteiger partial charge in [0.05, 0.1) is 4.90 Å². The van der Waals surface area contributed by atoms with Crippen molar-refractivity contribution in [3.8, 4) is 0 Å². The molecule has 5 nitrogen and oxygen atoms in total. The second kappa shape index (κ2) is 8.85. The lowest BCUT2D eigenvalue weighted by Gasteiger charge is -2.11. The van der Waals surface area contributed by atoms with E-state index in [-0.39, 0.29) is 4.90 Å². The molecule has 120 valence electrons. The second-order valence-electron chi connectivity index (χ2n) is 5.04. The molecule has 0 aliphatic rings. The molecule has 0 aliphatic heterocycles. The molecule has 7 heteroatoms. The van der Waals surface area contributed by atoms with Crippen molar-refractivity contribution in [3.05, 3.63) is 28.2 Å². The van der Waals surface area contributed by atoms with Crippen molar-refractivity contribution in [1.82, 2.24) is 10.0 Å². The van der Waals surface area contributed by atoms with E-state index in [1.165, 1.54) is 0 Å². The van der Waals surface area contributed by atoms with Gasteiger partial charge in [0.25, 0.3) is 0 Å². The zero-order valence-electron chi connectivity index (χ0n) is 12.6. The van der Waals surface area contributed by atoms with E-state index < -0.39 is 10.0 Å². The van der Waals surface area contributed by atoms with Gasteiger partial charge in [-0.25, -0.2) is 13.1 Å². The average Bonchev–Trinajstić information content (AvgIpc) is 2.41. The molecule has 0 radical (unpaired) electrons. The van der Waals surface area contributed by atoms with Gasteiger partial charge in [-0.3, -0.25) is 0 Å². The lowest BCUT2D eigenvalue weighted by Crippen LogP contribution is -2.26. The largest absolute Gasteiger partial charge is 0.385 e. The Morgan fingerprint density at radius 2 is 2.05 bits per heavy atom. The third kappa shape index (κ3) is 6.44. The number of ether oxygens (including phenoxy) is 1. The SMILES string of the molecule is COCCCNS(=O)(=O)c1ccc(CNC(C)C)cc1Br. The molecule has 2 N–H and O–H groups in total. The number of rotatable bonds is 9. The molecule has 0 spiro atoms. The van der Waals surface area contributed by atoms with E-state index in [4.69, 9.17) is 4.74 Å². The predicted molar refractivity (Wildman–Crippen MR) is 87.8 cm³/mol. The third-order valence-electron chi connectivity index (χ3n) is 2.82. The van der Waals surface area contributed by atoms with Crippen LogP contribution in [0.25, 0.3) is 0 Å². The van der Waals surface area contributed by atoms with E-state index in [1.807, 2.05) is 12.1 Å². The third-order valence-corrected chi connectivity index (χ3v) is 5.26. The van der Waals surface area contributed by atoms with Crippen LogP contribution in [0, 0.1) is 0 Å². The first-order chi connectivity index (χ1) is 9.86. The fourth-order valence-corrected chi connectivity index (χ4v) is 3.89. The van der Waals surface area contributed by atoms with Crippen molar-refractivity contribution in [2.45, 2.75) is 37.8 Å². The first kappa shape index (κ1) is 18.6. The molecule has 0 aromatic heterocycles. The maximum atomic E-state index is 12.2. The summed E-state index contributed by atoms with van der Waals surface area (Å²) in [4.78, 5) is 0.258. The topological polar surface area (TPSA) is 67.4 Å². The Bertz CT molecular complexity index is 547. The van der Waals surface area contributed by atoms with Gasteiger partial charge in [0, 0.05) is 37.3 Å². The molecule has 0 unspecified atom stereocenters. The van der Waals surface area contributed by atoms with Crippen LogP contribution in [-0.4, -0.2) is 34.7 Å². The van der Waals surface area contributed by atoms with Crippen LogP contribution < -0.4 is 10.0 Å². The standard InChI is InChI=1S/C14H23BrN2O3S/c1-11(2)16-10-12-5-6-14(13(15)9-12)21(18,19)17-7-4-8-20-3/h5-6,9,11,16-17H,4,7-8,10H2,1-3H3. The van der Waals surface area contributed by atoms with Gasteiger partial charge in [0.15, 0.2) is 0 Å². The van der Waals surface area contributed by atoms with Crippen molar-refractivity contribution in [2.24, 2.45) is 0 Å². The van der Waals surface area contributed by atoms with E-state index in [0.29, 0.717) is 36.6 Å². The van der Waals surface area contributed by atoms with E-state index in [0.717, 1.165) is 5.56 Å². The van der Waals surface area contributed by atoms with Crippen molar-refractivity contribution in [1.29, 1.82) is 0 Å². The summed E-state index contributed by atoms with van der Waals surface area (Å²) in [6.07, 6.45) is 0.643. The smallest absolute Gasteiger partial charge is 0.241 e. The monoisotopic (exact) mass is 378 g/mol. The molecule has 0 saturated heterocycles. The van der Waals surface area contributed by atoms with E-state index in [9.17, 15) is 8.42 Å². The van der Waals surface area contributed by atoms with Crippen LogP contribution in [0.5, 0.6) is 0 Å². The molecule has 0 bridgehead atoms. The number of sulfonamides is 1. The highest BCUT2D eigenvalue weighted by molar-refractivity contribution is 9.10. The van der Waals surface area contributed by atoms with Gasteiger partial charge in [0.1, 0.15) is 0 Å². The molecule has 0 saturated carbocycles. The molecular formula is C14H23BrN2O3S. The summed E-state index contributed by atoms with van der Waals surface area (Å²) >= 11 is 3.34. The van der Waals surface area contributed by atoms with Gasteiger partial charge in [0.2, 0.25) is 10.0 Å².